The first-order chi connectivity index (χ1) is 9.04. The minimum Gasteiger partial charge on any atom is -0.481 e. The highest BCUT2D eigenvalue weighted by molar-refractivity contribution is 5.93. The quantitative estimate of drug-likeness (QED) is 0.607. The molecule has 1 aromatic carbocycles. The van der Waals surface area contributed by atoms with Gasteiger partial charge in [-0.1, -0.05) is 29.8 Å². The summed E-state index contributed by atoms with van der Waals surface area (Å²) in [4.78, 5) is 22.5. The number of aliphatic carboxylic acids is 1. The van der Waals surface area contributed by atoms with Gasteiger partial charge >= 0.3 is 11.9 Å². The Morgan fingerprint density at radius 1 is 1.26 bits per heavy atom. The topological polar surface area (TPSA) is 63.6 Å². The molecule has 19 heavy (non-hydrogen) atoms. The molecular weight excluding hydrogens is 244 g/mol. The summed E-state index contributed by atoms with van der Waals surface area (Å²) in [6.07, 6.45) is 1.73. The predicted molar refractivity (Wildman–Crippen MR) is 71.9 cm³/mol. The van der Waals surface area contributed by atoms with Crippen molar-refractivity contribution in [3.8, 4) is 0 Å². The van der Waals surface area contributed by atoms with Gasteiger partial charge < -0.3 is 9.84 Å². The van der Waals surface area contributed by atoms with Crippen LogP contribution in [-0.4, -0.2) is 23.7 Å². The van der Waals surface area contributed by atoms with E-state index < -0.39 is 17.9 Å². The van der Waals surface area contributed by atoms with Crippen LogP contribution in [0.25, 0.3) is 0 Å². The highest BCUT2D eigenvalue weighted by Gasteiger charge is 2.26. The second-order valence-corrected chi connectivity index (χ2v) is 4.52. The average molecular weight is 264 g/mol. The lowest BCUT2D eigenvalue weighted by Gasteiger charge is -2.11. The van der Waals surface area contributed by atoms with Crippen LogP contribution in [0.4, 0.5) is 0 Å². The van der Waals surface area contributed by atoms with E-state index in [2.05, 4.69) is 0 Å². The fourth-order valence-electron chi connectivity index (χ4n) is 1.85. The number of carboxylic acid groups (broad SMARTS) is 1. The van der Waals surface area contributed by atoms with E-state index in [0.29, 0.717) is 12.8 Å². The SMILES string of the molecule is CCOC(=O)C(CCCc1ccc(C)cc1)C(=O)O. The van der Waals surface area contributed by atoms with Gasteiger partial charge in [0.2, 0.25) is 0 Å². The van der Waals surface area contributed by atoms with Gasteiger partial charge in [0.1, 0.15) is 0 Å². The first kappa shape index (κ1) is 15.2. The van der Waals surface area contributed by atoms with E-state index in [-0.39, 0.29) is 6.61 Å². The molecule has 0 aliphatic rings. The van der Waals surface area contributed by atoms with Crippen molar-refractivity contribution in [1.82, 2.24) is 0 Å². The minimum absolute atomic E-state index is 0.209. The first-order valence-electron chi connectivity index (χ1n) is 6.49. The molecule has 1 rings (SSSR count). The molecule has 0 aliphatic carbocycles. The van der Waals surface area contributed by atoms with E-state index in [4.69, 9.17) is 9.84 Å². The van der Waals surface area contributed by atoms with Crippen LogP contribution in [0, 0.1) is 12.8 Å². The van der Waals surface area contributed by atoms with E-state index >= 15 is 0 Å². The Balaban J connectivity index is 2.46. The molecule has 0 bridgehead atoms. The van der Waals surface area contributed by atoms with Crippen molar-refractivity contribution in [2.24, 2.45) is 5.92 Å². The third kappa shape index (κ3) is 5.12. The normalized spacial score (nSPS) is 11.9. The van der Waals surface area contributed by atoms with Crippen LogP contribution in [0.15, 0.2) is 24.3 Å². The average Bonchev–Trinajstić information content (AvgIpc) is 2.36. The standard InChI is InChI=1S/C15H20O4/c1-3-19-15(18)13(14(16)17)6-4-5-12-9-7-11(2)8-10-12/h7-10,13H,3-6H2,1-2H3,(H,16,17). The van der Waals surface area contributed by atoms with Crippen LogP contribution in [0.1, 0.15) is 30.9 Å². The number of carboxylic acids is 1. The molecule has 1 N–H and O–H groups in total. The number of hydrogen-bond acceptors (Lipinski definition) is 3. The smallest absolute Gasteiger partial charge is 0.320 e. The van der Waals surface area contributed by atoms with Crippen LogP contribution in [0.5, 0.6) is 0 Å². The van der Waals surface area contributed by atoms with Gasteiger partial charge in [0, 0.05) is 0 Å². The van der Waals surface area contributed by atoms with E-state index in [9.17, 15) is 9.59 Å². The lowest BCUT2D eigenvalue weighted by atomic mass is 9.99. The third-order valence-electron chi connectivity index (χ3n) is 2.95. The molecule has 4 heteroatoms. The Morgan fingerprint density at radius 3 is 2.42 bits per heavy atom. The molecule has 1 aromatic rings. The Bertz CT molecular complexity index is 422. The Kier molecular flexibility index (Phi) is 6.06. The van der Waals surface area contributed by atoms with Crippen LogP contribution in [0.2, 0.25) is 0 Å². The third-order valence-corrected chi connectivity index (χ3v) is 2.95. The van der Waals surface area contributed by atoms with Crippen molar-refractivity contribution in [3.63, 3.8) is 0 Å². The van der Waals surface area contributed by atoms with Gasteiger partial charge in [-0.05, 0) is 38.7 Å². The predicted octanol–water partition coefficient (Wildman–Crippen LogP) is 2.58. The van der Waals surface area contributed by atoms with Gasteiger partial charge in [-0.15, -0.1) is 0 Å². The number of carbonyl (C=O) groups is 2. The van der Waals surface area contributed by atoms with Crippen LogP contribution >= 0.6 is 0 Å². The number of esters is 1. The summed E-state index contributed by atoms with van der Waals surface area (Å²) in [7, 11) is 0. The monoisotopic (exact) mass is 264 g/mol. The maximum absolute atomic E-state index is 11.5. The highest BCUT2D eigenvalue weighted by Crippen LogP contribution is 2.13. The van der Waals surface area contributed by atoms with E-state index in [0.717, 1.165) is 12.0 Å². The van der Waals surface area contributed by atoms with Crippen molar-refractivity contribution in [1.29, 1.82) is 0 Å². The number of aryl methyl sites for hydroxylation is 2. The molecule has 0 aliphatic heterocycles. The molecule has 0 fully saturated rings. The zero-order valence-electron chi connectivity index (χ0n) is 11.4. The summed E-state index contributed by atoms with van der Waals surface area (Å²) in [5, 5.41) is 9.00. The summed E-state index contributed by atoms with van der Waals surface area (Å²) in [6.45, 7) is 3.90. The Hall–Kier alpha value is -1.84. The number of hydrogen-bond donors (Lipinski definition) is 1. The van der Waals surface area contributed by atoms with Crippen molar-refractivity contribution >= 4 is 11.9 Å². The largest absolute Gasteiger partial charge is 0.481 e. The van der Waals surface area contributed by atoms with Gasteiger partial charge in [-0.25, -0.2) is 0 Å². The number of rotatable bonds is 7. The maximum atomic E-state index is 11.5. The second kappa shape index (κ2) is 7.56. The van der Waals surface area contributed by atoms with E-state index in [1.54, 1.807) is 6.92 Å². The van der Waals surface area contributed by atoms with Gasteiger partial charge in [0.05, 0.1) is 6.61 Å². The molecule has 1 atom stereocenters. The van der Waals surface area contributed by atoms with Crippen molar-refractivity contribution in [3.05, 3.63) is 35.4 Å². The summed E-state index contributed by atoms with van der Waals surface area (Å²) in [5.74, 6) is -2.80. The zero-order chi connectivity index (χ0) is 14.3. The van der Waals surface area contributed by atoms with Gasteiger partial charge in [-0.3, -0.25) is 9.59 Å². The fourth-order valence-corrected chi connectivity index (χ4v) is 1.85. The molecular formula is C15H20O4. The molecule has 0 radical (unpaired) electrons. The minimum atomic E-state index is -1.11. The Morgan fingerprint density at radius 2 is 1.89 bits per heavy atom. The first-order valence-corrected chi connectivity index (χ1v) is 6.49. The van der Waals surface area contributed by atoms with Crippen LogP contribution in [-0.2, 0) is 20.7 Å². The molecule has 0 saturated carbocycles. The number of benzene rings is 1. The lowest BCUT2D eigenvalue weighted by Crippen LogP contribution is -2.26. The number of ether oxygens (including phenoxy) is 1. The van der Waals surface area contributed by atoms with Gasteiger partial charge in [-0.2, -0.15) is 0 Å². The molecule has 0 heterocycles. The lowest BCUT2D eigenvalue weighted by molar-refractivity contribution is -0.158. The van der Waals surface area contributed by atoms with Gasteiger partial charge in [0.25, 0.3) is 0 Å². The molecule has 0 spiro atoms. The summed E-state index contributed by atoms with van der Waals surface area (Å²) in [6, 6.07) is 8.09. The molecule has 0 amide bonds. The zero-order valence-corrected chi connectivity index (χ0v) is 11.4. The molecule has 1 unspecified atom stereocenters. The highest BCUT2D eigenvalue weighted by atomic mass is 16.5. The molecule has 0 saturated heterocycles. The van der Waals surface area contributed by atoms with Crippen molar-refractivity contribution < 1.29 is 19.4 Å². The van der Waals surface area contributed by atoms with E-state index in [1.165, 1.54) is 5.56 Å². The number of carbonyl (C=O) groups excluding carboxylic acids is 1. The van der Waals surface area contributed by atoms with Gasteiger partial charge in [0.15, 0.2) is 5.92 Å². The summed E-state index contributed by atoms with van der Waals surface area (Å²) >= 11 is 0. The molecule has 4 nitrogen and oxygen atoms in total. The van der Waals surface area contributed by atoms with Crippen molar-refractivity contribution in [2.75, 3.05) is 6.61 Å². The van der Waals surface area contributed by atoms with E-state index in [1.807, 2.05) is 31.2 Å². The second-order valence-electron chi connectivity index (χ2n) is 4.52. The maximum Gasteiger partial charge on any atom is 0.320 e. The fraction of sp³-hybridized carbons (Fsp3) is 0.467. The van der Waals surface area contributed by atoms with Crippen LogP contribution in [0.3, 0.4) is 0 Å². The molecule has 104 valence electrons. The van der Waals surface area contributed by atoms with Crippen molar-refractivity contribution in [2.45, 2.75) is 33.1 Å². The van der Waals surface area contributed by atoms with Crippen LogP contribution < -0.4 is 0 Å². The summed E-state index contributed by atoms with van der Waals surface area (Å²) < 4.78 is 4.76. The summed E-state index contributed by atoms with van der Waals surface area (Å²) in [5.41, 5.74) is 2.34. The Labute approximate surface area is 113 Å². The molecule has 0 aromatic heterocycles.